The highest BCUT2D eigenvalue weighted by molar-refractivity contribution is 5.82. The molecule has 4 heteroatoms. The fourth-order valence-electron chi connectivity index (χ4n) is 2.98. The smallest absolute Gasteiger partial charge is 0.237 e. The van der Waals surface area contributed by atoms with Crippen molar-refractivity contribution in [3.63, 3.8) is 0 Å². The Hall–Kier alpha value is -1.39. The molecule has 1 aliphatic heterocycles. The first kappa shape index (κ1) is 17.0. The lowest BCUT2D eigenvalue weighted by Crippen LogP contribution is -2.47. The van der Waals surface area contributed by atoms with E-state index in [-0.39, 0.29) is 11.9 Å². The molecule has 1 saturated heterocycles. The largest absolute Gasteiger partial charge is 0.354 e. The zero-order valence-electron chi connectivity index (χ0n) is 14.1. The van der Waals surface area contributed by atoms with Gasteiger partial charge in [-0.15, -0.1) is 0 Å². The molecule has 4 nitrogen and oxygen atoms in total. The molecule has 1 N–H and O–H groups in total. The summed E-state index contributed by atoms with van der Waals surface area (Å²) in [4.78, 5) is 16.9. The van der Waals surface area contributed by atoms with E-state index in [1.54, 1.807) is 0 Å². The van der Waals surface area contributed by atoms with Gasteiger partial charge in [0.1, 0.15) is 0 Å². The van der Waals surface area contributed by atoms with E-state index in [2.05, 4.69) is 29.4 Å². The zero-order valence-corrected chi connectivity index (χ0v) is 14.1. The van der Waals surface area contributed by atoms with Crippen molar-refractivity contribution in [2.24, 2.45) is 5.92 Å². The average molecular weight is 303 g/mol. The van der Waals surface area contributed by atoms with Crippen LogP contribution >= 0.6 is 0 Å². The SMILES string of the molecule is CN1CCC(CNC(=O)[C@H](Cc2ccccc2)N(C)C)CC1. The van der Waals surface area contributed by atoms with Gasteiger partial charge in [0.15, 0.2) is 0 Å². The molecule has 1 atom stereocenters. The van der Waals surface area contributed by atoms with Gasteiger partial charge in [0, 0.05) is 6.54 Å². The van der Waals surface area contributed by atoms with Gasteiger partial charge in [0.25, 0.3) is 0 Å². The van der Waals surface area contributed by atoms with Gasteiger partial charge in [0.05, 0.1) is 6.04 Å². The molecule has 0 radical (unpaired) electrons. The van der Waals surface area contributed by atoms with Crippen LogP contribution < -0.4 is 5.32 Å². The van der Waals surface area contributed by atoms with Crippen LogP contribution in [-0.2, 0) is 11.2 Å². The summed E-state index contributed by atoms with van der Waals surface area (Å²) in [5.74, 6) is 0.771. The monoisotopic (exact) mass is 303 g/mol. The molecule has 2 rings (SSSR count). The van der Waals surface area contributed by atoms with Crippen LogP contribution in [0.3, 0.4) is 0 Å². The van der Waals surface area contributed by atoms with Gasteiger partial charge >= 0.3 is 0 Å². The summed E-state index contributed by atoms with van der Waals surface area (Å²) < 4.78 is 0. The van der Waals surface area contributed by atoms with Crippen molar-refractivity contribution in [2.45, 2.75) is 25.3 Å². The summed E-state index contributed by atoms with van der Waals surface area (Å²) in [5.41, 5.74) is 1.20. The Morgan fingerprint density at radius 3 is 2.50 bits per heavy atom. The second kappa shape index (κ2) is 8.30. The lowest BCUT2D eigenvalue weighted by atomic mass is 9.97. The summed E-state index contributed by atoms with van der Waals surface area (Å²) in [5, 5.41) is 3.17. The van der Waals surface area contributed by atoms with Gasteiger partial charge < -0.3 is 10.2 Å². The highest BCUT2D eigenvalue weighted by atomic mass is 16.2. The number of rotatable bonds is 6. The van der Waals surface area contributed by atoms with Crippen molar-refractivity contribution >= 4 is 5.91 Å². The Morgan fingerprint density at radius 2 is 1.91 bits per heavy atom. The second-order valence-electron chi connectivity index (χ2n) is 6.66. The topological polar surface area (TPSA) is 35.6 Å². The maximum Gasteiger partial charge on any atom is 0.237 e. The molecule has 0 unspecified atom stereocenters. The van der Waals surface area contributed by atoms with Gasteiger partial charge in [0.2, 0.25) is 5.91 Å². The van der Waals surface area contributed by atoms with Crippen molar-refractivity contribution in [3.8, 4) is 0 Å². The number of piperidine rings is 1. The minimum absolute atomic E-state index is 0.103. The minimum Gasteiger partial charge on any atom is -0.354 e. The lowest BCUT2D eigenvalue weighted by molar-refractivity contribution is -0.125. The molecule has 1 heterocycles. The highest BCUT2D eigenvalue weighted by Gasteiger charge is 2.23. The molecule has 0 aliphatic carbocycles. The molecule has 1 amide bonds. The van der Waals surface area contributed by atoms with Crippen molar-refractivity contribution in [2.75, 3.05) is 40.8 Å². The summed E-state index contributed by atoms with van der Waals surface area (Å²) in [6.45, 7) is 3.09. The van der Waals surface area contributed by atoms with E-state index in [1.165, 1.54) is 18.4 Å². The first-order valence-electron chi connectivity index (χ1n) is 8.23. The van der Waals surface area contributed by atoms with E-state index in [0.717, 1.165) is 26.1 Å². The molecule has 0 bridgehead atoms. The molecule has 22 heavy (non-hydrogen) atoms. The Bertz CT molecular complexity index is 453. The quantitative estimate of drug-likeness (QED) is 0.867. The molecule has 122 valence electrons. The Labute approximate surface area is 134 Å². The van der Waals surface area contributed by atoms with E-state index in [1.807, 2.05) is 37.2 Å². The third-order valence-corrected chi connectivity index (χ3v) is 4.60. The number of likely N-dealkylation sites (N-methyl/N-ethyl adjacent to an activating group) is 1. The van der Waals surface area contributed by atoms with E-state index in [4.69, 9.17) is 0 Å². The van der Waals surface area contributed by atoms with Crippen LogP contribution in [0.4, 0.5) is 0 Å². The number of hydrogen-bond acceptors (Lipinski definition) is 3. The average Bonchev–Trinajstić information content (AvgIpc) is 2.52. The minimum atomic E-state index is -0.103. The molecular formula is C18H29N3O. The molecule has 1 aromatic carbocycles. The van der Waals surface area contributed by atoms with Gasteiger partial charge in [-0.1, -0.05) is 30.3 Å². The lowest BCUT2D eigenvalue weighted by Gasteiger charge is -2.30. The number of nitrogens with zero attached hydrogens (tertiary/aromatic N) is 2. The number of likely N-dealkylation sites (tertiary alicyclic amines) is 1. The van der Waals surface area contributed by atoms with Crippen molar-refractivity contribution in [3.05, 3.63) is 35.9 Å². The van der Waals surface area contributed by atoms with Gasteiger partial charge in [-0.2, -0.15) is 0 Å². The van der Waals surface area contributed by atoms with Crippen LogP contribution in [0.15, 0.2) is 30.3 Å². The normalized spacial score (nSPS) is 18.4. The maximum atomic E-state index is 12.5. The fraction of sp³-hybridized carbons (Fsp3) is 0.611. The highest BCUT2D eigenvalue weighted by Crippen LogP contribution is 2.15. The Morgan fingerprint density at radius 1 is 1.27 bits per heavy atom. The molecule has 0 saturated carbocycles. The number of hydrogen-bond donors (Lipinski definition) is 1. The zero-order chi connectivity index (χ0) is 15.9. The Kier molecular flexibility index (Phi) is 6.40. The number of carbonyl (C=O) groups excluding carboxylic acids is 1. The third kappa shape index (κ3) is 5.11. The van der Waals surface area contributed by atoms with E-state index >= 15 is 0 Å². The van der Waals surface area contributed by atoms with E-state index in [9.17, 15) is 4.79 Å². The number of nitrogens with one attached hydrogen (secondary N) is 1. The fourth-order valence-corrected chi connectivity index (χ4v) is 2.98. The summed E-state index contributed by atoms with van der Waals surface area (Å²) in [6, 6.07) is 10.1. The molecule has 1 fully saturated rings. The van der Waals surface area contributed by atoms with Crippen LogP contribution in [0.25, 0.3) is 0 Å². The summed E-state index contributed by atoms with van der Waals surface area (Å²) in [7, 11) is 6.11. The van der Waals surface area contributed by atoms with E-state index < -0.39 is 0 Å². The first-order chi connectivity index (χ1) is 10.6. The van der Waals surface area contributed by atoms with Gasteiger partial charge in [-0.3, -0.25) is 9.69 Å². The maximum absolute atomic E-state index is 12.5. The number of carbonyl (C=O) groups is 1. The molecule has 1 aromatic rings. The summed E-state index contributed by atoms with van der Waals surface area (Å²) in [6.07, 6.45) is 3.12. The number of benzene rings is 1. The molecule has 0 aromatic heterocycles. The van der Waals surface area contributed by atoms with Crippen LogP contribution in [0.1, 0.15) is 18.4 Å². The van der Waals surface area contributed by atoms with Crippen LogP contribution in [0.5, 0.6) is 0 Å². The van der Waals surface area contributed by atoms with Gasteiger partial charge in [-0.25, -0.2) is 0 Å². The predicted octanol–water partition coefficient (Wildman–Crippen LogP) is 1.62. The summed E-state index contributed by atoms with van der Waals surface area (Å²) >= 11 is 0. The predicted molar refractivity (Wildman–Crippen MR) is 90.9 cm³/mol. The third-order valence-electron chi connectivity index (χ3n) is 4.60. The second-order valence-corrected chi connectivity index (χ2v) is 6.66. The molecule has 0 spiro atoms. The molecular weight excluding hydrogens is 274 g/mol. The van der Waals surface area contributed by atoms with Crippen LogP contribution in [0, 0.1) is 5.92 Å². The van der Waals surface area contributed by atoms with Crippen molar-refractivity contribution < 1.29 is 4.79 Å². The Balaban J connectivity index is 1.84. The van der Waals surface area contributed by atoms with Crippen molar-refractivity contribution in [1.82, 2.24) is 15.1 Å². The van der Waals surface area contributed by atoms with Crippen LogP contribution in [0.2, 0.25) is 0 Å². The first-order valence-corrected chi connectivity index (χ1v) is 8.23. The van der Waals surface area contributed by atoms with Gasteiger partial charge in [-0.05, 0) is 65.0 Å². The van der Waals surface area contributed by atoms with Crippen LogP contribution in [-0.4, -0.2) is 62.5 Å². The van der Waals surface area contributed by atoms with E-state index in [0.29, 0.717) is 5.92 Å². The number of amides is 1. The van der Waals surface area contributed by atoms with Crippen molar-refractivity contribution in [1.29, 1.82) is 0 Å². The standard InChI is InChI=1S/C18H29N3O/c1-20(2)17(13-15-7-5-4-6-8-15)18(22)19-14-16-9-11-21(3)12-10-16/h4-8,16-17H,9-14H2,1-3H3,(H,19,22)/t17-/m0/s1. The molecule has 1 aliphatic rings.